The van der Waals surface area contributed by atoms with Crippen LogP contribution in [0.5, 0.6) is 0 Å². The van der Waals surface area contributed by atoms with Gasteiger partial charge in [-0.05, 0) is 31.2 Å². The molecule has 7 heteroatoms. The maximum absolute atomic E-state index is 13.9. The lowest BCUT2D eigenvalue weighted by atomic mass is 9.70. The van der Waals surface area contributed by atoms with Crippen molar-refractivity contribution in [2.24, 2.45) is 17.8 Å². The van der Waals surface area contributed by atoms with Gasteiger partial charge in [-0.3, -0.25) is 14.4 Å². The van der Waals surface area contributed by atoms with Crippen molar-refractivity contribution in [3.8, 4) is 0 Å². The Bertz CT molecular complexity index is 1140. The van der Waals surface area contributed by atoms with E-state index in [1.54, 1.807) is 23.3 Å². The van der Waals surface area contributed by atoms with Crippen molar-refractivity contribution >= 4 is 23.3 Å². The number of anilines is 1. The molecule has 0 radical (unpaired) electrons. The summed E-state index contributed by atoms with van der Waals surface area (Å²) in [6.45, 7) is 3.84. The molecule has 0 saturated carbocycles. The molecule has 0 aliphatic carbocycles. The molecule has 32 heavy (non-hydrogen) atoms. The van der Waals surface area contributed by atoms with Gasteiger partial charge in [0.05, 0.1) is 36.3 Å². The van der Waals surface area contributed by atoms with E-state index in [4.69, 9.17) is 9.15 Å². The number of Topliss-reactive ketones (excluding diaryl/α,β-unsaturated/α-hetero) is 1. The lowest BCUT2D eigenvalue weighted by Crippen LogP contribution is -2.55. The summed E-state index contributed by atoms with van der Waals surface area (Å²) in [5, 5.41) is 2.96. The molecule has 3 fully saturated rings. The van der Waals surface area contributed by atoms with Crippen LogP contribution in [0.1, 0.15) is 30.7 Å². The van der Waals surface area contributed by atoms with Crippen molar-refractivity contribution < 1.29 is 23.5 Å². The summed E-state index contributed by atoms with van der Waals surface area (Å²) >= 11 is 0. The number of hydrogen-bond donors (Lipinski definition) is 1. The van der Waals surface area contributed by atoms with Gasteiger partial charge in [0, 0.05) is 18.0 Å². The number of carbonyl (C=O) groups excluding carboxylic acids is 3. The zero-order valence-corrected chi connectivity index (χ0v) is 17.9. The Kier molecular flexibility index (Phi) is 4.05. The van der Waals surface area contributed by atoms with E-state index in [2.05, 4.69) is 5.32 Å². The predicted octanol–water partition coefficient (Wildman–Crippen LogP) is 3.03. The van der Waals surface area contributed by atoms with Gasteiger partial charge >= 0.3 is 0 Å². The molecular formula is C25H24N2O5. The summed E-state index contributed by atoms with van der Waals surface area (Å²) in [6, 6.07) is 10.2. The van der Waals surface area contributed by atoms with Crippen LogP contribution in [0.2, 0.25) is 0 Å². The maximum atomic E-state index is 13.9. The van der Waals surface area contributed by atoms with Gasteiger partial charge in [0.2, 0.25) is 11.8 Å². The molecule has 1 aromatic carbocycles. The average Bonchev–Trinajstić information content (AvgIpc) is 3.54. The molecule has 7 atom stereocenters. The number of amides is 2. The average molecular weight is 432 g/mol. The molecule has 6 rings (SSSR count). The molecule has 3 saturated heterocycles. The third kappa shape index (κ3) is 2.48. The van der Waals surface area contributed by atoms with Crippen LogP contribution in [0.3, 0.4) is 0 Å². The number of hydrogen-bond acceptors (Lipinski definition) is 5. The molecule has 4 aliphatic heterocycles. The molecule has 2 bridgehead atoms. The van der Waals surface area contributed by atoms with Crippen molar-refractivity contribution in [2.45, 2.75) is 44.1 Å². The topological polar surface area (TPSA) is 88.8 Å². The van der Waals surface area contributed by atoms with E-state index in [0.29, 0.717) is 11.4 Å². The molecule has 4 aliphatic rings. The van der Waals surface area contributed by atoms with Crippen molar-refractivity contribution in [3.05, 3.63) is 66.1 Å². The van der Waals surface area contributed by atoms with Crippen molar-refractivity contribution in [1.82, 2.24) is 4.90 Å². The van der Waals surface area contributed by atoms with Gasteiger partial charge in [0.1, 0.15) is 17.1 Å². The Morgan fingerprint density at radius 3 is 2.69 bits per heavy atom. The number of fused-ring (bicyclic) bond motifs is 2. The Balaban J connectivity index is 1.38. The molecular weight excluding hydrogens is 408 g/mol. The standard InChI is InChI=1S/C25H24N2O5/c1-13-5-7-15(8-6-13)26-23(29)20-19-9-10-25(32-19)21(20)24(30)27-16(18-4-3-11-31-18)12-17(28)14(2)22(25)27/h3-11,14,16,19-22H,12H2,1-2H3,(H,26,29)/t14-,16-,19+,20-,21+,22+,25+/m1/s1. The van der Waals surface area contributed by atoms with E-state index in [1.807, 2.05) is 50.3 Å². The van der Waals surface area contributed by atoms with Crippen LogP contribution < -0.4 is 5.32 Å². The zero-order chi connectivity index (χ0) is 22.2. The van der Waals surface area contributed by atoms with Crippen LogP contribution >= 0.6 is 0 Å². The van der Waals surface area contributed by atoms with Crippen LogP contribution in [-0.4, -0.2) is 40.2 Å². The number of piperidine rings is 1. The minimum atomic E-state index is -0.975. The number of nitrogens with zero attached hydrogens (tertiary/aromatic N) is 1. The second-order valence-electron chi connectivity index (χ2n) is 9.33. The van der Waals surface area contributed by atoms with Crippen molar-refractivity contribution in [1.29, 1.82) is 0 Å². The first-order valence-corrected chi connectivity index (χ1v) is 11.0. The summed E-state index contributed by atoms with van der Waals surface area (Å²) in [7, 11) is 0. The van der Waals surface area contributed by atoms with Gasteiger partial charge in [-0.15, -0.1) is 0 Å². The highest BCUT2D eigenvalue weighted by Crippen LogP contribution is 2.59. The minimum Gasteiger partial charge on any atom is -0.467 e. The fraction of sp³-hybridized carbons (Fsp3) is 0.400. The Hall–Kier alpha value is -3.19. The van der Waals surface area contributed by atoms with E-state index in [-0.39, 0.29) is 24.0 Å². The normalized spacial score (nSPS) is 37.0. The first-order chi connectivity index (χ1) is 15.4. The Morgan fingerprint density at radius 2 is 1.97 bits per heavy atom. The van der Waals surface area contributed by atoms with Gasteiger partial charge in [-0.2, -0.15) is 0 Å². The SMILES string of the molecule is Cc1ccc(NC(=O)[C@@H]2[C@@H]3C=C[C@]4(O3)[C@@H]2C(=O)N2[C@@H](c3ccco3)CC(=O)[C@@H](C)[C@H]24)cc1. The number of rotatable bonds is 3. The fourth-order valence-corrected chi connectivity index (χ4v) is 6.13. The smallest absolute Gasteiger partial charge is 0.231 e. The van der Waals surface area contributed by atoms with E-state index >= 15 is 0 Å². The van der Waals surface area contributed by atoms with Crippen molar-refractivity contribution in [3.63, 3.8) is 0 Å². The molecule has 5 heterocycles. The summed E-state index contributed by atoms with van der Waals surface area (Å²) in [6.07, 6.45) is 5.05. The highest BCUT2D eigenvalue weighted by atomic mass is 16.5. The second-order valence-corrected chi connectivity index (χ2v) is 9.33. The molecule has 7 nitrogen and oxygen atoms in total. The fourth-order valence-electron chi connectivity index (χ4n) is 6.13. The molecule has 2 amide bonds. The summed E-state index contributed by atoms with van der Waals surface area (Å²) in [5.74, 6) is -1.44. The van der Waals surface area contributed by atoms with Crippen LogP contribution in [0.4, 0.5) is 5.69 Å². The van der Waals surface area contributed by atoms with E-state index in [9.17, 15) is 14.4 Å². The highest BCUT2D eigenvalue weighted by molar-refractivity contribution is 6.00. The zero-order valence-electron chi connectivity index (χ0n) is 17.9. The lowest BCUT2D eigenvalue weighted by molar-refractivity contribution is -0.147. The number of furan rings is 1. The van der Waals surface area contributed by atoms with E-state index < -0.39 is 41.5 Å². The number of nitrogens with one attached hydrogen (secondary N) is 1. The maximum Gasteiger partial charge on any atom is 0.231 e. The lowest BCUT2D eigenvalue weighted by Gasteiger charge is -2.43. The van der Waals surface area contributed by atoms with Gasteiger partial charge in [0.15, 0.2) is 0 Å². The molecule has 0 unspecified atom stereocenters. The quantitative estimate of drug-likeness (QED) is 0.754. The van der Waals surface area contributed by atoms with Gasteiger partial charge in [0.25, 0.3) is 0 Å². The summed E-state index contributed by atoms with van der Waals surface area (Å²) < 4.78 is 12.0. The number of benzene rings is 1. The third-order valence-corrected chi connectivity index (χ3v) is 7.57. The van der Waals surface area contributed by atoms with E-state index in [0.717, 1.165) is 5.56 Å². The van der Waals surface area contributed by atoms with Crippen LogP contribution in [0.15, 0.2) is 59.2 Å². The minimum absolute atomic E-state index is 0.0727. The Labute approximate surface area is 185 Å². The number of carbonyl (C=O) groups is 3. The van der Waals surface area contributed by atoms with Gasteiger partial charge < -0.3 is 19.4 Å². The highest BCUT2D eigenvalue weighted by Gasteiger charge is 2.74. The molecule has 1 N–H and O–H groups in total. The van der Waals surface area contributed by atoms with Crippen LogP contribution in [0.25, 0.3) is 0 Å². The second kappa shape index (κ2) is 6.65. The Morgan fingerprint density at radius 1 is 1.19 bits per heavy atom. The molecule has 2 aromatic rings. The van der Waals surface area contributed by atoms with Crippen LogP contribution in [-0.2, 0) is 19.1 Å². The monoisotopic (exact) mass is 432 g/mol. The van der Waals surface area contributed by atoms with Gasteiger partial charge in [-0.1, -0.05) is 36.8 Å². The van der Waals surface area contributed by atoms with Gasteiger partial charge in [-0.25, -0.2) is 0 Å². The van der Waals surface area contributed by atoms with E-state index in [1.165, 1.54) is 0 Å². The predicted molar refractivity (Wildman–Crippen MR) is 114 cm³/mol. The number of ketones is 1. The molecule has 164 valence electrons. The molecule has 1 spiro atoms. The number of aryl methyl sites for hydroxylation is 1. The largest absolute Gasteiger partial charge is 0.467 e. The summed E-state index contributed by atoms with van der Waals surface area (Å²) in [4.78, 5) is 41.9. The first-order valence-electron chi connectivity index (χ1n) is 11.0. The molecule has 1 aromatic heterocycles. The first kappa shape index (κ1) is 19.5. The van der Waals surface area contributed by atoms with Crippen molar-refractivity contribution in [2.75, 3.05) is 5.32 Å². The van der Waals surface area contributed by atoms with Crippen LogP contribution in [0, 0.1) is 24.7 Å². The summed E-state index contributed by atoms with van der Waals surface area (Å²) in [5.41, 5.74) is 0.803. The third-order valence-electron chi connectivity index (χ3n) is 7.57. The number of ether oxygens (including phenoxy) is 1.